The molecule has 0 aliphatic carbocycles. The summed E-state index contributed by atoms with van der Waals surface area (Å²) in [5, 5.41) is 5.63. The van der Waals surface area contributed by atoms with E-state index in [9.17, 15) is 9.59 Å². The molecule has 0 saturated heterocycles. The highest BCUT2D eigenvalue weighted by molar-refractivity contribution is 5.87. The molecule has 3 aromatic rings. The van der Waals surface area contributed by atoms with E-state index in [1.165, 1.54) is 0 Å². The van der Waals surface area contributed by atoms with Crippen molar-refractivity contribution in [2.45, 2.75) is 32.0 Å². The van der Waals surface area contributed by atoms with Gasteiger partial charge in [-0.25, -0.2) is 4.79 Å². The van der Waals surface area contributed by atoms with Gasteiger partial charge in [-0.15, -0.1) is 0 Å². The Morgan fingerprint density at radius 2 is 1.82 bits per heavy atom. The minimum Gasteiger partial charge on any atom is -0.493 e. The van der Waals surface area contributed by atoms with Crippen molar-refractivity contribution in [3.63, 3.8) is 0 Å². The van der Waals surface area contributed by atoms with Crippen LogP contribution in [0.3, 0.4) is 0 Å². The van der Waals surface area contributed by atoms with Gasteiger partial charge in [0.05, 0.1) is 33.1 Å². The molecule has 0 bridgehead atoms. The Labute approximate surface area is 198 Å². The first kappa shape index (κ1) is 23.2. The third-order valence-corrected chi connectivity index (χ3v) is 6.00. The number of carbonyl (C=O) groups excluding carboxylic acids is 2. The lowest BCUT2D eigenvalue weighted by atomic mass is 9.88. The molecule has 1 aliphatic heterocycles. The maximum Gasteiger partial charge on any atom is 0.318 e. The van der Waals surface area contributed by atoms with Crippen LogP contribution in [0.4, 0.5) is 4.79 Å². The number of carbonyl (C=O) groups is 2. The van der Waals surface area contributed by atoms with Crippen LogP contribution in [0.1, 0.15) is 35.4 Å². The maximum absolute atomic E-state index is 13.4. The molecule has 178 valence electrons. The number of furan rings is 1. The van der Waals surface area contributed by atoms with Crippen molar-refractivity contribution < 1.29 is 23.5 Å². The number of fused-ring (bicyclic) bond motifs is 1. The number of hydrogen-bond acceptors (Lipinski definition) is 5. The van der Waals surface area contributed by atoms with Crippen LogP contribution >= 0.6 is 0 Å². The molecule has 2 aromatic carbocycles. The Hall–Kier alpha value is -3.94. The SMILES string of the molecule is COc1cc2c(cc1OC)C(c1ccccc1)N(C(=O)NC(C)C(=O)NCc1ccco1)CC2. The van der Waals surface area contributed by atoms with Crippen LogP contribution in [0.25, 0.3) is 0 Å². The Morgan fingerprint density at radius 3 is 2.50 bits per heavy atom. The molecule has 0 saturated carbocycles. The third kappa shape index (κ3) is 4.85. The monoisotopic (exact) mass is 463 g/mol. The first-order chi connectivity index (χ1) is 16.5. The van der Waals surface area contributed by atoms with Gasteiger partial charge in [0.2, 0.25) is 5.91 Å². The van der Waals surface area contributed by atoms with Crippen molar-refractivity contribution in [2.24, 2.45) is 0 Å². The molecule has 4 rings (SSSR count). The summed E-state index contributed by atoms with van der Waals surface area (Å²) in [6, 6.07) is 15.9. The molecule has 1 aliphatic rings. The highest BCUT2D eigenvalue weighted by Crippen LogP contribution is 2.41. The van der Waals surface area contributed by atoms with Gasteiger partial charge >= 0.3 is 6.03 Å². The Balaban J connectivity index is 1.56. The molecule has 2 heterocycles. The Bertz CT molecular complexity index is 1130. The Kier molecular flexibility index (Phi) is 7.06. The average molecular weight is 464 g/mol. The van der Waals surface area contributed by atoms with Gasteiger partial charge in [0.15, 0.2) is 11.5 Å². The highest BCUT2D eigenvalue weighted by atomic mass is 16.5. The fourth-order valence-corrected chi connectivity index (χ4v) is 4.23. The molecule has 34 heavy (non-hydrogen) atoms. The zero-order valence-electron chi connectivity index (χ0n) is 19.5. The fraction of sp³-hybridized carbons (Fsp3) is 0.308. The molecular weight excluding hydrogens is 434 g/mol. The molecule has 1 aromatic heterocycles. The molecule has 0 spiro atoms. The second-order valence-electron chi connectivity index (χ2n) is 8.13. The summed E-state index contributed by atoms with van der Waals surface area (Å²) in [5.74, 6) is 1.63. The quantitative estimate of drug-likeness (QED) is 0.558. The number of rotatable bonds is 7. The van der Waals surface area contributed by atoms with E-state index in [0.717, 1.165) is 16.7 Å². The number of methoxy groups -OCH3 is 2. The number of hydrogen-bond donors (Lipinski definition) is 2. The van der Waals surface area contributed by atoms with Gasteiger partial charge in [-0.05, 0) is 54.3 Å². The first-order valence-electron chi connectivity index (χ1n) is 11.2. The van der Waals surface area contributed by atoms with Crippen molar-refractivity contribution in [1.29, 1.82) is 0 Å². The minimum absolute atomic E-state index is 0.261. The molecule has 3 amide bonds. The van der Waals surface area contributed by atoms with E-state index >= 15 is 0 Å². The molecule has 8 nitrogen and oxygen atoms in total. The lowest BCUT2D eigenvalue weighted by Gasteiger charge is -2.38. The van der Waals surface area contributed by atoms with Crippen LogP contribution in [0.2, 0.25) is 0 Å². The number of ether oxygens (including phenoxy) is 2. The van der Waals surface area contributed by atoms with E-state index in [4.69, 9.17) is 13.9 Å². The number of nitrogens with one attached hydrogen (secondary N) is 2. The molecule has 0 radical (unpaired) electrons. The zero-order valence-corrected chi connectivity index (χ0v) is 19.5. The number of benzene rings is 2. The van der Waals surface area contributed by atoms with Gasteiger partial charge in [0, 0.05) is 6.54 Å². The zero-order chi connectivity index (χ0) is 24.1. The van der Waals surface area contributed by atoms with E-state index < -0.39 is 6.04 Å². The van der Waals surface area contributed by atoms with Gasteiger partial charge in [-0.2, -0.15) is 0 Å². The largest absolute Gasteiger partial charge is 0.493 e. The predicted octanol–water partition coefficient (Wildman–Crippen LogP) is 3.66. The summed E-state index contributed by atoms with van der Waals surface area (Å²) < 4.78 is 16.3. The maximum atomic E-state index is 13.4. The summed E-state index contributed by atoms with van der Waals surface area (Å²) >= 11 is 0. The van der Waals surface area contributed by atoms with Crippen LogP contribution in [0.15, 0.2) is 65.3 Å². The van der Waals surface area contributed by atoms with Gasteiger partial charge < -0.3 is 29.4 Å². The van der Waals surface area contributed by atoms with Crippen molar-refractivity contribution in [2.75, 3.05) is 20.8 Å². The van der Waals surface area contributed by atoms with E-state index in [-0.39, 0.29) is 24.5 Å². The summed E-state index contributed by atoms with van der Waals surface area (Å²) in [6.45, 7) is 2.42. The van der Waals surface area contributed by atoms with Crippen molar-refractivity contribution >= 4 is 11.9 Å². The number of amides is 3. The third-order valence-electron chi connectivity index (χ3n) is 6.00. The summed E-state index contributed by atoms with van der Waals surface area (Å²) in [5.41, 5.74) is 3.04. The predicted molar refractivity (Wildman–Crippen MR) is 127 cm³/mol. The van der Waals surface area contributed by atoms with Crippen LogP contribution < -0.4 is 20.1 Å². The summed E-state index contributed by atoms with van der Waals surface area (Å²) in [7, 11) is 3.21. The smallest absolute Gasteiger partial charge is 0.318 e. The van der Waals surface area contributed by atoms with E-state index in [1.54, 1.807) is 44.4 Å². The second-order valence-corrected chi connectivity index (χ2v) is 8.13. The molecule has 8 heteroatoms. The molecule has 2 unspecified atom stereocenters. The standard InChI is InChI=1S/C26H29N3O5/c1-17(25(30)27-16-20-10-7-13-34-20)28-26(31)29-12-11-19-14-22(32-2)23(33-3)15-21(19)24(29)18-8-5-4-6-9-18/h4-10,13-15,17,24H,11-12,16H2,1-3H3,(H,27,30)(H,28,31). The average Bonchev–Trinajstić information content (AvgIpc) is 3.39. The first-order valence-corrected chi connectivity index (χ1v) is 11.2. The van der Waals surface area contributed by atoms with Crippen LogP contribution in [0, 0.1) is 0 Å². The highest BCUT2D eigenvalue weighted by Gasteiger charge is 2.34. The summed E-state index contributed by atoms with van der Waals surface area (Å²) in [4.78, 5) is 27.7. The lowest BCUT2D eigenvalue weighted by molar-refractivity contribution is -0.122. The lowest BCUT2D eigenvalue weighted by Crippen LogP contribution is -2.52. The van der Waals surface area contributed by atoms with Gasteiger partial charge in [-0.3, -0.25) is 4.79 Å². The fourth-order valence-electron chi connectivity index (χ4n) is 4.23. The van der Waals surface area contributed by atoms with Crippen LogP contribution in [-0.4, -0.2) is 43.6 Å². The van der Waals surface area contributed by atoms with Gasteiger partial charge in [0.25, 0.3) is 0 Å². The Morgan fingerprint density at radius 1 is 1.09 bits per heavy atom. The van der Waals surface area contributed by atoms with Crippen molar-refractivity contribution in [3.8, 4) is 11.5 Å². The van der Waals surface area contributed by atoms with Gasteiger partial charge in [0.1, 0.15) is 11.8 Å². The van der Waals surface area contributed by atoms with Crippen LogP contribution in [-0.2, 0) is 17.8 Å². The minimum atomic E-state index is -0.717. The van der Waals surface area contributed by atoms with E-state index in [0.29, 0.717) is 30.2 Å². The molecular formula is C26H29N3O5. The second kappa shape index (κ2) is 10.3. The summed E-state index contributed by atoms with van der Waals surface area (Å²) in [6.07, 6.45) is 2.21. The topological polar surface area (TPSA) is 93.0 Å². The normalized spacial score (nSPS) is 15.7. The van der Waals surface area contributed by atoms with Gasteiger partial charge in [-0.1, -0.05) is 30.3 Å². The van der Waals surface area contributed by atoms with E-state index in [2.05, 4.69) is 10.6 Å². The molecule has 2 atom stereocenters. The van der Waals surface area contributed by atoms with Crippen LogP contribution in [0.5, 0.6) is 11.5 Å². The number of urea groups is 1. The number of nitrogens with zero attached hydrogens (tertiary/aromatic N) is 1. The molecule has 2 N–H and O–H groups in total. The van der Waals surface area contributed by atoms with Crippen molar-refractivity contribution in [3.05, 3.63) is 83.3 Å². The molecule has 0 fully saturated rings. The van der Waals surface area contributed by atoms with E-state index in [1.807, 2.05) is 42.5 Å². The van der Waals surface area contributed by atoms with Crippen molar-refractivity contribution in [1.82, 2.24) is 15.5 Å².